The molecule has 1 aliphatic heterocycles. The van der Waals surface area contributed by atoms with E-state index in [9.17, 15) is 9.59 Å². The fraction of sp³-hybridized carbons (Fsp3) is 0.364. The van der Waals surface area contributed by atoms with Gasteiger partial charge in [-0.1, -0.05) is 6.07 Å². The minimum atomic E-state index is -0.525. The molecule has 1 fully saturated rings. The molecule has 1 N–H and O–H groups in total. The summed E-state index contributed by atoms with van der Waals surface area (Å²) in [4.78, 5) is 27.6. The number of Topliss-reactive ketones (excluding diaryl/α,β-unsaturated/α-hetero) is 1. The van der Waals surface area contributed by atoms with Crippen LogP contribution in [0, 0.1) is 0 Å². The molecular weight excluding hydrogens is 370 g/mol. The van der Waals surface area contributed by atoms with Crippen molar-refractivity contribution in [2.75, 3.05) is 45.2 Å². The molecule has 29 heavy (non-hydrogen) atoms. The second-order valence-electron chi connectivity index (χ2n) is 6.99. The van der Waals surface area contributed by atoms with Crippen molar-refractivity contribution in [1.82, 2.24) is 10.2 Å². The highest BCUT2D eigenvalue weighted by Crippen LogP contribution is 2.29. The molecule has 2 aromatic rings. The predicted octanol–water partition coefficient (Wildman–Crippen LogP) is 2.94. The van der Waals surface area contributed by atoms with Crippen LogP contribution in [0.2, 0.25) is 0 Å². The standard InChI is InChI=1S/C22H27N3O4/c1-16(26)18-5-7-19(8-6-18)25-12-10-24(11-13-25)15-17-4-9-20(21(14-17)28-3)29-22(27)23-2/h4-9,14H,10-13,15H2,1-3H3,(H,23,27). The Hall–Kier alpha value is -3.06. The zero-order valence-corrected chi connectivity index (χ0v) is 17.1. The highest BCUT2D eigenvalue weighted by molar-refractivity contribution is 5.94. The largest absolute Gasteiger partial charge is 0.493 e. The van der Waals surface area contributed by atoms with Crippen LogP contribution in [0.5, 0.6) is 11.5 Å². The van der Waals surface area contributed by atoms with Crippen LogP contribution in [-0.4, -0.2) is 57.1 Å². The van der Waals surface area contributed by atoms with Crippen LogP contribution in [0.4, 0.5) is 10.5 Å². The Kier molecular flexibility index (Phi) is 6.72. The molecule has 3 rings (SSSR count). The number of nitrogens with zero attached hydrogens (tertiary/aromatic N) is 2. The molecule has 1 heterocycles. The highest BCUT2D eigenvalue weighted by atomic mass is 16.6. The van der Waals surface area contributed by atoms with Crippen molar-refractivity contribution in [3.63, 3.8) is 0 Å². The first-order valence-electron chi connectivity index (χ1n) is 9.65. The molecule has 1 amide bonds. The Balaban J connectivity index is 1.57. The van der Waals surface area contributed by atoms with Crippen molar-refractivity contribution in [3.8, 4) is 11.5 Å². The molecule has 0 aliphatic carbocycles. The van der Waals surface area contributed by atoms with Crippen molar-refractivity contribution in [2.45, 2.75) is 13.5 Å². The van der Waals surface area contributed by atoms with Crippen molar-refractivity contribution >= 4 is 17.6 Å². The summed E-state index contributed by atoms with van der Waals surface area (Å²) in [7, 11) is 3.08. The molecule has 0 radical (unpaired) electrons. The van der Waals surface area contributed by atoms with Gasteiger partial charge in [0.05, 0.1) is 7.11 Å². The Morgan fingerprint density at radius 2 is 1.69 bits per heavy atom. The number of hydrogen-bond acceptors (Lipinski definition) is 6. The van der Waals surface area contributed by atoms with Gasteiger partial charge in [-0.25, -0.2) is 4.79 Å². The zero-order valence-electron chi connectivity index (χ0n) is 17.1. The number of methoxy groups -OCH3 is 1. The minimum Gasteiger partial charge on any atom is -0.493 e. The normalized spacial score (nSPS) is 14.4. The van der Waals surface area contributed by atoms with Crippen molar-refractivity contribution < 1.29 is 19.1 Å². The van der Waals surface area contributed by atoms with E-state index in [4.69, 9.17) is 9.47 Å². The Labute approximate surface area is 171 Å². The molecule has 154 valence electrons. The highest BCUT2D eigenvalue weighted by Gasteiger charge is 2.18. The molecule has 7 nitrogen and oxygen atoms in total. The van der Waals surface area contributed by atoms with E-state index >= 15 is 0 Å². The van der Waals surface area contributed by atoms with Crippen LogP contribution in [0.15, 0.2) is 42.5 Å². The van der Waals surface area contributed by atoms with Gasteiger partial charge in [0.1, 0.15) is 0 Å². The van der Waals surface area contributed by atoms with Crippen LogP contribution >= 0.6 is 0 Å². The average molecular weight is 397 g/mol. The van der Waals surface area contributed by atoms with Gasteiger partial charge in [-0.15, -0.1) is 0 Å². The number of amides is 1. The monoisotopic (exact) mass is 397 g/mol. The lowest BCUT2D eigenvalue weighted by Crippen LogP contribution is -2.45. The third-order valence-corrected chi connectivity index (χ3v) is 5.05. The summed E-state index contributed by atoms with van der Waals surface area (Å²) in [6.45, 7) is 6.11. The van der Waals surface area contributed by atoms with Gasteiger partial charge in [-0.05, 0) is 48.9 Å². The van der Waals surface area contributed by atoms with E-state index < -0.39 is 6.09 Å². The SMILES string of the molecule is CNC(=O)Oc1ccc(CN2CCN(c3ccc(C(C)=O)cc3)CC2)cc1OC. The lowest BCUT2D eigenvalue weighted by atomic mass is 10.1. The van der Waals surface area contributed by atoms with Gasteiger partial charge in [0.2, 0.25) is 0 Å². The molecule has 1 aliphatic rings. The van der Waals surface area contributed by atoms with Crippen LogP contribution in [0.3, 0.4) is 0 Å². The van der Waals surface area contributed by atoms with Gasteiger partial charge >= 0.3 is 6.09 Å². The first kappa shape index (κ1) is 20.7. The fourth-order valence-electron chi connectivity index (χ4n) is 3.37. The molecule has 0 atom stereocenters. The van der Waals surface area contributed by atoms with E-state index in [0.29, 0.717) is 11.5 Å². The lowest BCUT2D eigenvalue weighted by molar-refractivity contribution is 0.101. The number of anilines is 1. The molecule has 0 spiro atoms. The maximum Gasteiger partial charge on any atom is 0.412 e. The van der Waals surface area contributed by atoms with E-state index in [2.05, 4.69) is 15.1 Å². The molecular formula is C22H27N3O4. The van der Waals surface area contributed by atoms with Gasteiger partial charge in [0.25, 0.3) is 0 Å². The summed E-state index contributed by atoms with van der Waals surface area (Å²) in [5.74, 6) is 1.02. The van der Waals surface area contributed by atoms with E-state index in [-0.39, 0.29) is 5.78 Å². The predicted molar refractivity (Wildman–Crippen MR) is 112 cm³/mol. The van der Waals surface area contributed by atoms with Crippen LogP contribution in [-0.2, 0) is 6.54 Å². The first-order valence-corrected chi connectivity index (χ1v) is 9.65. The van der Waals surface area contributed by atoms with Crippen LogP contribution in [0.25, 0.3) is 0 Å². The van der Waals surface area contributed by atoms with Gasteiger partial charge in [0, 0.05) is 51.0 Å². The van der Waals surface area contributed by atoms with Crippen LogP contribution < -0.4 is 19.7 Å². The summed E-state index contributed by atoms with van der Waals surface area (Å²) in [6.07, 6.45) is -0.525. The summed E-state index contributed by atoms with van der Waals surface area (Å²) in [5.41, 5.74) is 2.99. The Morgan fingerprint density at radius 3 is 2.28 bits per heavy atom. The van der Waals surface area contributed by atoms with Gasteiger partial charge in [-0.2, -0.15) is 0 Å². The van der Waals surface area contributed by atoms with Crippen LogP contribution in [0.1, 0.15) is 22.8 Å². The van der Waals surface area contributed by atoms with Gasteiger partial charge < -0.3 is 19.7 Å². The smallest absolute Gasteiger partial charge is 0.412 e. The quantitative estimate of drug-likeness (QED) is 0.756. The molecule has 1 saturated heterocycles. The Morgan fingerprint density at radius 1 is 1.00 bits per heavy atom. The van der Waals surface area contributed by atoms with Gasteiger partial charge in [0.15, 0.2) is 17.3 Å². The number of carbonyl (C=O) groups excluding carboxylic acids is 2. The van der Waals surface area contributed by atoms with E-state index in [1.807, 2.05) is 36.4 Å². The minimum absolute atomic E-state index is 0.0866. The maximum absolute atomic E-state index is 11.4. The zero-order chi connectivity index (χ0) is 20.8. The Bertz CT molecular complexity index is 859. The summed E-state index contributed by atoms with van der Waals surface area (Å²) < 4.78 is 10.6. The lowest BCUT2D eigenvalue weighted by Gasteiger charge is -2.36. The second-order valence-corrected chi connectivity index (χ2v) is 6.99. The van der Waals surface area contributed by atoms with Crippen molar-refractivity contribution in [2.24, 2.45) is 0 Å². The molecule has 7 heteroatoms. The third kappa shape index (κ3) is 5.26. The molecule has 0 unspecified atom stereocenters. The number of carbonyl (C=O) groups is 2. The number of ether oxygens (including phenoxy) is 2. The van der Waals surface area contributed by atoms with Crippen molar-refractivity contribution in [1.29, 1.82) is 0 Å². The van der Waals surface area contributed by atoms with E-state index in [1.165, 1.54) is 7.05 Å². The number of hydrogen-bond donors (Lipinski definition) is 1. The molecule has 0 bridgehead atoms. The average Bonchev–Trinajstić information content (AvgIpc) is 2.75. The number of benzene rings is 2. The second kappa shape index (κ2) is 9.43. The molecule has 2 aromatic carbocycles. The fourth-order valence-corrected chi connectivity index (χ4v) is 3.37. The third-order valence-electron chi connectivity index (χ3n) is 5.05. The maximum atomic E-state index is 11.4. The summed E-state index contributed by atoms with van der Waals surface area (Å²) in [5, 5.41) is 2.42. The summed E-state index contributed by atoms with van der Waals surface area (Å²) >= 11 is 0. The number of ketones is 1. The number of piperazine rings is 1. The van der Waals surface area contributed by atoms with E-state index in [0.717, 1.165) is 49.5 Å². The number of rotatable bonds is 6. The van der Waals surface area contributed by atoms with E-state index in [1.54, 1.807) is 20.1 Å². The number of nitrogens with one attached hydrogen (secondary N) is 1. The van der Waals surface area contributed by atoms with Crippen molar-refractivity contribution in [3.05, 3.63) is 53.6 Å². The molecule has 0 saturated carbocycles. The topological polar surface area (TPSA) is 71.1 Å². The van der Waals surface area contributed by atoms with Gasteiger partial charge in [-0.3, -0.25) is 9.69 Å². The first-order chi connectivity index (χ1) is 14.0. The molecule has 0 aromatic heterocycles. The summed E-state index contributed by atoms with van der Waals surface area (Å²) in [6, 6.07) is 13.4.